The molecule has 0 unspecified atom stereocenters. The molecule has 2 aromatic rings. The van der Waals surface area contributed by atoms with Gasteiger partial charge in [-0.2, -0.15) is 0 Å². The Bertz CT molecular complexity index is 832. The monoisotopic (exact) mass is 367 g/mol. The molecular formula is C22H29N3O2. The quantitative estimate of drug-likeness (QED) is 0.763. The molecule has 5 heteroatoms. The number of benzene rings is 1. The first-order valence-corrected chi connectivity index (χ1v) is 9.37. The number of aromatic nitrogens is 1. The van der Waals surface area contributed by atoms with Crippen molar-refractivity contribution in [1.29, 1.82) is 0 Å². The Balaban J connectivity index is 2.19. The Morgan fingerprint density at radius 2 is 1.78 bits per heavy atom. The number of carbonyl (C=O) groups excluding carboxylic acids is 2. The number of likely N-dealkylation sites (N-methyl/N-ethyl adjacent to an activating group) is 2. The molecule has 0 saturated heterocycles. The summed E-state index contributed by atoms with van der Waals surface area (Å²) in [4.78, 5) is 25.7. The molecule has 1 N–H and O–H groups in total. The van der Waals surface area contributed by atoms with Crippen molar-refractivity contribution in [2.45, 2.75) is 34.6 Å². The smallest absolute Gasteiger partial charge is 0.247 e. The molecule has 144 valence electrons. The number of hydrogen-bond acceptors (Lipinski definition) is 2. The zero-order chi connectivity index (χ0) is 20.0. The first-order valence-electron chi connectivity index (χ1n) is 9.37. The summed E-state index contributed by atoms with van der Waals surface area (Å²) >= 11 is 0. The summed E-state index contributed by atoms with van der Waals surface area (Å²) in [5.41, 5.74) is 5.51. The van der Waals surface area contributed by atoms with Crippen LogP contribution in [0.5, 0.6) is 0 Å². The molecule has 0 atom stereocenters. The van der Waals surface area contributed by atoms with Gasteiger partial charge >= 0.3 is 0 Å². The maximum Gasteiger partial charge on any atom is 0.247 e. The molecule has 0 aliphatic rings. The Labute approximate surface area is 161 Å². The van der Waals surface area contributed by atoms with Gasteiger partial charge in [-0.3, -0.25) is 9.59 Å². The van der Waals surface area contributed by atoms with Crippen molar-refractivity contribution in [2.75, 3.05) is 19.6 Å². The molecule has 27 heavy (non-hydrogen) atoms. The van der Waals surface area contributed by atoms with Crippen molar-refractivity contribution in [2.24, 2.45) is 0 Å². The number of carbonyl (C=O) groups is 2. The lowest BCUT2D eigenvalue weighted by molar-refractivity contribution is -0.132. The molecule has 2 rings (SSSR count). The van der Waals surface area contributed by atoms with Gasteiger partial charge in [-0.25, -0.2) is 0 Å². The predicted molar refractivity (Wildman–Crippen MR) is 110 cm³/mol. The third kappa shape index (κ3) is 5.09. The Morgan fingerprint density at radius 1 is 1.11 bits per heavy atom. The van der Waals surface area contributed by atoms with E-state index in [2.05, 4.69) is 54.1 Å². The summed E-state index contributed by atoms with van der Waals surface area (Å²) in [6, 6.07) is 10.4. The molecule has 5 nitrogen and oxygen atoms in total. The second kappa shape index (κ2) is 9.21. The van der Waals surface area contributed by atoms with E-state index in [4.69, 9.17) is 0 Å². The van der Waals surface area contributed by atoms with E-state index < -0.39 is 0 Å². The van der Waals surface area contributed by atoms with Crippen LogP contribution in [0, 0.1) is 20.8 Å². The minimum absolute atomic E-state index is 0.0793. The highest BCUT2D eigenvalue weighted by molar-refractivity contribution is 5.94. The largest absolute Gasteiger partial charge is 0.355 e. The van der Waals surface area contributed by atoms with Crippen LogP contribution in [0.1, 0.15) is 36.4 Å². The van der Waals surface area contributed by atoms with Crippen LogP contribution in [0.15, 0.2) is 36.4 Å². The highest BCUT2D eigenvalue weighted by Crippen LogP contribution is 2.22. The lowest BCUT2D eigenvalue weighted by Gasteiger charge is -2.18. The molecule has 2 amide bonds. The molecule has 0 saturated carbocycles. The number of nitrogens with one attached hydrogen (secondary N) is 1. The lowest BCUT2D eigenvalue weighted by atomic mass is 10.2. The molecule has 0 aliphatic carbocycles. The van der Waals surface area contributed by atoms with Crippen molar-refractivity contribution in [3.8, 4) is 5.69 Å². The second-order valence-electron chi connectivity index (χ2n) is 6.64. The van der Waals surface area contributed by atoms with Gasteiger partial charge in [-0.1, -0.05) is 17.7 Å². The number of nitrogens with zero attached hydrogens (tertiary/aromatic N) is 2. The minimum Gasteiger partial charge on any atom is -0.355 e. The fraction of sp³-hybridized carbons (Fsp3) is 0.364. The molecule has 0 bridgehead atoms. The average molecular weight is 367 g/mol. The van der Waals surface area contributed by atoms with E-state index in [1.807, 2.05) is 26.8 Å². The highest BCUT2D eigenvalue weighted by Gasteiger charge is 2.13. The van der Waals surface area contributed by atoms with Gasteiger partial charge in [0.2, 0.25) is 11.8 Å². The topological polar surface area (TPSA) is 54.3 Å². The maximum absolute atomic E-state index is 12.5. The summed E-state index contributed by atoms with van der Waals surface area (Å²) in [7, 11) is 0. The normalized spacial score (nSPS) is 11.0. The van der Waals surface area contributed by atoms with E-state index in [-0.39, 0.29) is 18.4 Å². The van der Waals surface area contributed by atoms with Gasteiger partial charge < -0.3 is 14.8 Å². The van der Waals surface area contributed by atoms with Crippen LogP contribution >= 0.6 is 0 Å². The van der Waals surface area contributed by atoms with Crippen molar-refractivity contribution < 1.29 is 9.59 Å². The Hall–Kier alpha value is -2.82. The molecule has 0 fully saturated rings. The Morgan fingerprint density at radius 3 is 2.37 bits per heavy atom. The molecule has 0 radical (unpaired) electrons. The van der Waals surface area contributed by atoms with E-state index >= 15 is 0 Å². The third-order valence-electron chi connectivity index (χ3n) is 4.57. The first kappa shape index (κ1) is 20.5. The number of amides is 2. The molecule has 1 heterocycles. The molecule has 0 aliphatic heterocycles. The van der Waals surface area contributed by atoms with Gasteiger partial charge in [-0.05, 0) is 64.5 Å². The number of rotatable bonds is 7. The van der Waals surface area contributed by atoms with Crippen molar-refractivity contribution in [3.63, 3.8) is 0 Å². The summed E-state index contributed by atoms with van der Waals surface area (Å²) in [6.07, 6.45) is 3.37. The van der Waals surface area contributed by atoms with Gasteiger partial charge in [0.05, 0.1) is 6.54 Å². The SMILES string of the molecule is CCNC(=O)CN(CC)C(=O)C=Cc1cc(C)n(-c2ccc(C)cc2)c1C. The standard InChI is InChI=1S/C22H29N3O2/c1-6-23-21(26)15-24(7-2)22(27)13-10-19-14-17(4)25(18(19)5)20-11-8-16(3)9-12-20/h8-14H,6-7,15H2,1-5H3,(H,23,26). The van der Waals surface area contributed by atoms with E-state index in [9.17, 15) is 9.59 Å². The second-order valence-corrected chi connectivity index (χ2v) is 6.64. The summed E-state index contributed by atoms with van der Waals surface area (Å²) in [6.45, 7) is 11.0. The first-order chi connectivity index (χ1) is 12.9. The van der Waals surface area contributed by atoms with Crippen LogP contribution in [0.25, 0.3) is 11.8 Å². The van der Waals surface area contributed by atoms with E-state index in [0.717, 1.165) is 22.6 Å². The molecule has 0 spiro atoms. The zero-order valence-electron chi connectivity index (χ0n) is 16.9. The minimum atomic E-state index is -0.163. The number of aryl methyl sites for hydroxylation is 2. The third-order valence-corrected chi connectivity index (χ3v) is 4.57. The van der Waals surface area contributed by atoms with Gasteiger partial charge in [0, 0.05) is 36.2 Å². The summed E-state index contributed by atoms with van der Waals surface area (Å²) in [5.74, 6) is -0.303. The summed E-state index contributed by atoms with van der Waals surface area (Å²) < 4.78 is 2.18. The molecule has 1 aromatic carbocycles. The van der Waals surface area contributed by atoms with Crippen LogP contribution in [-0.4, -0.2) is 40.9 Å². The fourth-order valence-corrected chi connectivity index (χ4v) is 3.09. The lowest BCUT2D eigenvalue weighted by Crippen LogP contribution is -2.39. The van der Waals surface area contributed by atoms with Gasteiger partial charge in [0.1, 0.15) is 0 Å². The van der Waals surface area contributed by atoms with Crippen LogP contribution in [-0.2, 0) is 9.59 Å². The molecule has 1 aromatic heterocycles. The van der Waals surface area contributed by atoms with Crippen LogP contribution in [0.4, 0.5) is 0 Å². The zero-order valence-corrected chi connectivity index (χ0v) is 16.9. The highest BCUT2D eigenvalue weighted by atomic mass is 16.2. The van der Waals surface area contributed by atoms with Gasteiger partial charge in [0.25, 0.3) is 0 Å². The van der Waals surface area contributed by atoms with Crippen LogP contribution < -0.4 is 5.32 Å². The van der Waals surface area contributed by atoms with Crippen LogP contribution in [0.2, 0.25) is 0 Å². The maximum atomic E-state index is 12.5. The average Bonchev–Trinajstić information content (AvgIpc) is 2.92. The van der Waals surface area contributed by atoms with Crippen LogP contribution in [0.3, 0.4) is 0 Å². The number of hydrogen-bond donors (Lipinski definition) is 1. The molecular weight excluding hydrogens is 338 g/mol. The van der Waals surface area contributed by atoms with Crippen molar-refractivity contribution >= 4 is 17.9 Å². The van der Waals surface area contributed by atoms with Gasteiger partial charge in [0.15, 0.2) is 0 Å². The summed E-state index contributed by atoms with van der Waals surface area (Å²) in [5, 5.41) is 2.72. The van der Waals surface area contributed by atoms with E-state index in [0.29, 0.717) is 13.1 Å². The van der Waals surface area contributed by atoms with Gasteiger partial charge in [-0.15, -0.1) is 0 Å². The van der Waals surface area contributed by atoms with E-state index in [1.54, 1.807) is 6.08 Å². The Kier molecular flexibility index (Phi) is 6.99. The predicted octanol–water partition coefficient (Wildman–Crippen LogP) is 3.40. The van der Waals surface area contributed by atoms with Crippen molar-refractivity contribution in [3.05, 3.63) is 58.9 Å². The fourth-order valence-electron chi connectivity index (χ4n) is 3.09. The van der Waals surface area contributed by atoms with Crippen molar-refractivity contribution in [1.82, 2.24) is 14.8 Å². The van der Waals surface area contributed by atoms with E-state index in [1.165, 1.54) is 10.5 Å².